The molecule has 0 amide bonds. The van der Waals surface area contributed by atoms with E-state index < -0.39 is 25.1 Å². The summed E-state index contributed by atoms with van der Waals surface area (Å²) in [6.45, 7) is 2.16. The molecule has 0 bridgehead atoms. The second-order valence-corrected chi connectivity index (χ2v) is 11.4. The van der Waals surface area contributed by atoms with Crippen LogP contribution in [0.25, 0.3) is 6.08 Å². The molecule has 0 aliphatic heterocycles. The predicted molar refractivity (Wildman–Crippen MR) is 145 cm³/mol. The van der Waals surface area contributed by atoms with E-state index in [4.69, 9.17) is 9.47 Å². The van der Waals surface area contributed by atoms with Crippen LogP contribution in [0.3, 0.4) is 0 Å². The summed E-state index contributed by atoms with van der Waals surface area (Å²) in [7, 11) is -1.75. The molecule has 0 aliphatic carbocycles. The van der Waals surface area contributed by atoms with Crippen LogP contribution in [-0.4, -0.2) is 25.0 Å². The van der Waals surface area contributed by atoms with Crippen molar-refractivity contribution in [2.45, 2.75) is 51.0 Å². The number of hydrogen-bond acceptors (Lipinski definition) is 4. The first-order chi connectivity index (χ1) is 17.1. The third-order valence-corrected chi connectivity index (χ3v) is 9.41. The summed E-state index contributed by atoms with van der Waals surface area (Å²) >= 11 is 0. The lowest BCUT2D eigenvalue weighted by atomic mass is 10.1. The van der Waals surface area contributed by atoms with Crippen LogP contribution in [0.5, 0.6) is 0 Å². The number of carbonyl (C=O) groups excluding carboxylic acids is 1. The smallest absolute Gasteiger partial charge is 0.331 e. The number of carbonyl (C=O) groups is 1. The zero-order valence-corrected chi connectivity index (χ0v) is 21.5. The zero-order valence-electron chi connectivity index (χ0n) is 20.6. The maximum Gasteiger partial charge on any atom is 0.331 e. The maximum atomic E-state index is 14.9. The second-order valence-electron chi connectivity index (χ2n) is 8.52. The average Bonchev–Trinajstić information content (AvgIpc) is 2.91. The van der Waals surface area contributed by atoms with Gasteiger partial charge in [-0.05, 0) is 24.5 Å². The van der Waals surface area contributed by atoms with Crippen molar-refractivity contribution in [3.63, 3.8) is 0 Å². The Balaban J connectivity index is 1.95. The van der Waals surface area contributed by atoms with Crippen molar-refractivity contribution in [1.29, 1.82) is 0 Å². The van der Waals surface area contributed by atoms with Crippen molar-refractivity contribution in [3.8, 4) is 0 Å². The molecule has 4 nitrogen and oxygen atoms in total. The summed E-state index contributed by atoms with van der Waals surface area (Å²) in [5.41, 5.74) is 0.909. The van der Waals surface area contributed by atoms with Gasteiger partial charge in [0.2, 0.25) is 0 Å². The van der Waals surface area contributed by atoms with E-state index in [1.54, 1.807) is 13.2 Å². The Morgan fingerprint density at radius 1 is 0.829 bits per heavy atom. The van der Waals surface area contributed by atoms with Gasteiger partial charge in [0.15, 0.2) is 13.0 Å². The first kappa shape index (κ1) is 26.7. The van der Waals surface area contributed by atoms with Gasteiger partial charge in [-0.25, -0.2) is 4.79 Å². The fourth-order valence-electron chi connectivity index (χ4n) is 4.23. The molecule has 0 aliphatic rings. The first-order valence-corrected chi connectivity index (χ1v) is 14.0. The molecule has 0 saturated carbocycles. The highest BCUT2D eigenvalue weighted by molar-refractivity contribution is 7.79. The second kappa shape index (κ2) is 13.8. The largest absolute Gasteiger partial charge is 0.456 e. The molecule has 3 aromatic rings. The van der Waals surface area contributed by atoms with Crippen LogP contribution in [0.1, 0.15) is 44.6 Å². The van der Waals surface area contributed by atoms with Crippen molar-refractivity contribution in [2.75, 3.05) is 7.11 Å². The van der Waals surface area contributed by atoms with Crippen molar-refractivity contribution in [3.05, 3.63) is 103 Å². The number of methoxy groups -OCH3 is 1. The highest BCUT2D eigenvalue weighted by Gasteiger charge is 2.43. The van der Waals surface area contributed by atoms with E-state index in [9.17, 15) is 9.36 Å². The van der Waals surface area contributed by atoms with Crippen LogP contribution in [0.15, 0.2) is 97.1 Å². The van der Waals surface area contributed by atoms with Gasteiger partial charge in [0.05, 0.1) is 0 Å². The molecule has 3 rings (SSSR count). The Morgan fingerprint density at radius 2 is 1.37 bits per heavy atom. The van der Waals surface area contributed by atoms with Crippen LogP contribution in [0.2, 0.25) is 0 Å². The summed E-state index contributed by atoms with van der Waals surface area (Å²) in [5.74, 6) is -1.27. The van der Waals surface area contributed by atoms with Gasteiger partial charge in [0.1, 0.15) is 6.10 Å². The number of hydrogen-bond donors (Lipinski definition) is 0. The lowest BCUT2D eigenvalue weighted by molar-refractivity contribution is -0.147. The molecule has 3 aromatic carbocycles. The molecule has 0 N–H and O–H groups in total. The van der Waals surface area contributed by atoms with Crippen molar-refractivity contribution >= 4 is 29.8 Å². The Kier molecular flexibility index (Phi) is 10.5. The third kappa shape index (κ3) is 7.27. The predicted octanol–water partition coefficient (Wildman–Crippen LogP) is 6.57. The highest BCUT2D eigenvalue weighted by atomic mass is 31.2. The van der Waals surface area contributed by atoms with Gasteiger partial charge in [-0.3, -0.25) is 0 Å². The molecule has 0 radical (unpaired) electrons. The average molecular weight is 491 g/mol. The monoisotopic (exact) mass is 490 g/mol. The van der Waals surface area contributed by atoms with Gasteiger partial charge in [0.25, 0.3) is 0 Å². The molecule has 0 unspecified atom stereocenters. The van der Waals surface area contributed by atoms with Gasteiger partial charge < -0.3 is 14.0 Å². The Bertz CT molecular complexity index is 1050. The fourth-order valence-corrected chi connectivity index (χ4v) is 7.32. The van der Waals surface area contributed by atoms with Crippen LogP contribution in [-0.2, 0) is 18.8 Å². The summed E-state index contributed by atoms with van der Waals surface area (Å²) in [6.07, 6.45) is 7.15. The Labute approximate surface area is 209 Å². The number of ether oxygens (including phenoxy) is 2. The number of rotatable bonds is 13. The van der Waals surface area contributed by atoms with Crippen LogP contribution >= 0.6 is 7.14 Å². The standard InChI is InChI=1S/C30H35O4P/c1-3-4-5-15-22-28(34-29(31)24-23-25-16-9-6-10-17-25)30(33-2)35(32,26-18-11-7-12-19-26)27-20-13-8-14-21-27/h6-14,16-21,23-24,28,30H,3-5,15,22H2,1-2H3/b24-23+/t28-,30-/m1/s1. The van der Waals surface area contributed by atoms with Crippen LogP contribution in [0, 0.1) is 0 Å². The zero-order chi connectivity index (χ0) is 24.9. The summed E-state index contributed by atoms with van der Waals surface area (Å²) in [5, 5.41) is 1.37. The highest BCUT2D eigenvalue weighted by Crippen LogP contribution is 2.51. The number of unbranched alkanes of at least 4 members (excludes halogenated alkanes) is 3. The van der Waals surface area contributed by atoms with Crippen molar-refractivity contribution in [1.82, 2.24) is 0 Å². The normalized spacial score (nSPS) is 13.4. The molecule has 0 spiro atoms. The van der Waals surface area contributed by atoms with Gasteiger partial charge in [-0.1, -0.05) is 117 Å². The molecule has 184 valence electrons. The van der Waals surface area contributed by atoms with E-state index in [0.29, 0.717) is 17.0 Å². The van der Waals surface area contributed by atoms with Gasteiger partial charge in [-0.2, -0.15) is 0 Å². The lowest BCUT2D eigenvalue weighted by Gasteiger charge is -2.33. The molecule has 0 fully saturated rings. The van der Waals surface area contributed by atoms with E-state index in [2.05, 4.69) is 6.92 Å². The Morgan fingerprint density at radius 3 is 1.89 bits per heavy atom. The summed E-state index contributed by atoms with van der Waals surface area (Å²) < 4.78 is 26.8. The van der Waals surface area contributed by atoms with Crippen molar-refractivity contribution < 1.29 is 18.8 Å². The third-order valence-electron chi connectivity index (χ3n) is 6.02. The van der Waals surface area contributed by atoms with Gasteiger partial charge >= 0.3 is 5.97 Å². The molecule has 2 atom stereocenters. The van der Waals surface area contributed by atoms with E-state index in [-0.39, 0.29) is 0 Å². The molecule has 35 heavy (non-hydrogen) atoms. The molecule has 0 heterocycles. The molecule has 0 saturated heterocycles. The quantitative estimate of drug-likeness (QED) is 0.118. The van der Waals surface area contributed by atoms with Crippen molar-refractivity contribution in [2.24, 2.45) is 0 Å². The molecule has 0 aromatic heterocycles. The lowest BCUT2D eigenvalue weighted by Crippen LogP contribution is -2.38. The molecular weight excluding hydrogens is 455 g/mol. The first-order valence-electron chi connectivity index (χ1n) is 12.3. The van der Waals surface area contributed by atoms with Crippen LogP contribution in [0.4, 0.5) is 0 Å². The number of esters is 1. The molecular formula is C30H35O4P. The van der Waals surface area contributed by atoms with E-state index in [1.165, 1.54) is 6.08 Å². The minimum absolute atomic E-state index is 0.468. The fraction of sp³-hybridized carbons (Fsp3) is 0.300. The maximum absolute atomic E-state index is 14.9. The minimum atomic E-state index is -3.30. The summed E-state index contributed by atoms with van der Waals surface area (Å²) in [4.78, 5) is 12.9. The Hall–Kier alpha value is -2.94. The van der Waals surface area contributed by atoms with Gasteiger partial charge in [-0.15, -0.1) is 0 Å². The van der Waals surface area contributed by atoms with Gasteiger partial charge in [0, 0.05) is 23.8 Å². The molecule has 5 heteroatoms. The summed E-state index contributed by atoms with van der Waals surface area (Å²) in [6, 6.07) is 28.4. The van der Waals surface area contributed by atoms with E-state index in [1.807, 2.05) is 91.0 Å². The SMILES string of the molecule is CCCCCC[C@@H](OC(=O)/C=C/c1ccccc1)[C@H](OC)P(=O)(c1ccccc1)c1ccccc1. The van der Waals surface area contributed by atoms with Crippen LogP contribution < -0.4 is 10.6 Å². The van der Waals surface area contributed by atoms with E-state index >= 15 is 0 Å². The topological polar surface area (TPSA) is 52.6 Å². The van der Waals surface area contributed by atoms with E-state index in [0.717, 1.165) is 31.2 Å². The number of benzene rings is 3. The minimum Gasteiger partial charge on any atom is -0.456 e.